The van der Waals surface area contributed by atoms with Crippen LogP contribution in [0.4, 0.5) is 5.69 Å². The molecule has 27 heavy (non-hydrogen) atoms. The number of fused-ring (bicyclic) bond motifs is 1. The molecular weight excluding hydrogens is 390 g/mol. The average molecular weight is 408 g/mol. The fourth-order valence-corrected chi connectivity index (χ4v) is 3.63. The van der Waals surface area contributed by atoms with Gasteiger partial charge >= 0.3 is 5.97 Å². The number of rotatable bonds is 6. The number of thioether (sulfide) groups is 1. The molecule has 1 heterocycles. The number of nitrogens with one attached hydrogen (secondary N) is 1. The van der Waals surface area contributed by atoms with Crippen LogP contribution in [0.2, 0.25) is 5.02 Å². The lowest BCUT2D eigenvalue weighted by molar-refractivity contribution is -0.113. The van der Waals surface area contributed by atoms with E-state index in [1.807, 2.05) is 12.1 Å². The number of hydrogen-bond acceptors (Lipinski definition) is 6. The molecule has 0 unspecified atom stereocenters. The molecule has 6 nitrogen and oxygen atoms in total. The first-order valence-electron chi connectivity index (χ1n) is 8.21. The first-order chi connectivity index (χ1) is 13.1. The third-order valence-corrected chi connectivity index (χ3v) is 5.05. The highest BCUT2D eigenvalue weighted by Gasteiger charge is 2.17. The number of methoxy groups -OCH3 is 1. The van der Waals surface area contributed by atoms with Crippen LogP contribution in [0.15, 0.2) is 36.4 Å². The summed E-state index contributed by atoms with van der Waals surface area (Å²) >= 11 is 7.65. The molecule has 0 spiro atoms. The maximum absolute atomic E-state index is 12.2. The molecule has 3 rings (SSSR count). The Morgan fingerprint density at radius 2 is 2.00 bits per heavy atom. The second-order valence-corrected chi connectivity index (χ2v) is 7.07. The van der Waals surface area contributed by atoms with E-state index in [0.29, 0.717) is 46.7 Å². The van der Waals surface area contributed by atoms with Crippen LogP contribution in [0.25, 0.3) is 0 Å². The Kier molecular flexibility index (Phi) is 6.47. The van der Waals surface area contributed by atoms with Gasteiger partial charge in [-0.15, -0.1) is 11.8 Å². The van der Waals surface area contributed by atoms with E-state index < -0.39 is 5.97 Å². The highest BCUT2D eigenvalue weighted by molar-refractivity contribution is 7.99. The van der Waals surface area contributed by atoms with Crippen molar-refractivity contribution in [3.63, 3.8) is 0 Å². The van der Waals surface area contributed by atoms with Crippen molar-refractivity contribution >= 4 is 40.9 Å². The predicted molar refractivity (Wildman–Crippen MR) is 105 cm³/mol. The summed E-state index contributed by atoms with van der Waals surface area (Å²) in [6.07, 6.45) is 0. The minimum Gasteiger partial charge on any atom is -0.486 e. The van der Waals surface area contributed by atoms with Gasteiger partial charge in [-0.1, -0.05) is 23.7 Å². The minimum absolute atomic E-state index is 0.208. The summed E-state index contributed by atoms with van der Waals surface area (Å²) in [4.78, 5) is 24.0. The molecule has 8 heteroatoms. The van der Waals surface area contributed by atoms with E-state index in [2.05, 4.69) is 5.32 Å². The third-order valence-electron chi connectivity index (χ3n) is 3.76. The van der Waals surface area contributed by atoms with Crippen molar-refractivity contribution in [2.45, 2.75) is 5.75 Å². The summed E-state index contributed by atoms with van der Waals surface area (Å²) in [5, 5.41) is 3.24. The van der Waals surface area contributed by atoms with Gasteiger partial charge in [0.25, 0.3) is 0 Å². The van der Waals surface area contributed by atoms with E-state index in [1.54, 1.807) is 24.3 Å². The van der Waals surface area contributed by atoms with Gasteiger partial charge in [0.05, 0.1) is 29.1 Å². The average Bonchev–Trinajstić information content (AvgIpc) is 2.68. The van der Waals surface area contributed by atoms with Crippen LogP contribution in [-0.4, -0.2) is 38.0 Å². The van der Waals surface area contributed by atoms with E-state index in [-0.39, 0.29) is 11.7 Å². The Morgan fingerprint density at radius 3 is 2.81 bits per heavy atom. The van der Waals surface area contributed by atoms with Gasteiger partial charge in [-0.2, -0.15) is 0 Å². The predicted octanol–water partition coefficient (Wildman–Crippen LogP) is 3.77. The summed E-state index contributed by atoms with van der Waals surface area (Å²) in [5.41, 5.74) is 1.69. The number of anilines is 1. The Morgan fingerprint density at radius 1 is 1.22 bits per heavy atom. The number of halogens is 1. The molecule has 0 saturated heterocycles. The maximum atomic E-state index is 12.2. The first kappa shape index (κ1) is 19.4. The number of para-hydroxylation sites is 1. The molecule has 0 radical (unpaired) electrons. The lowest BCUT2D eigenvalue weighted by Crippen LogP contribution is -2.17. The molecule has 0 bridgehead atoms. The summed E-state index contributed by atoms with van der Waals surface area (Å²) < 4.78 is 15.8. The van der Waals surface area contributed by atoms with Crippen LogP contribution in [0.1, 0.15) is 15.9 Å². The summed E-state index contributed by atoms with van der Waals surface area (Å²) in [5.74, 6) is 1.29. The standard InChI is InChI=1S/C19H18ClNO5S/c1-24-19(23)13-4-2-3-5-15(13)21-17(22)11-27-10-12-8-14(20)18-16(9-12)25-6-7-26-18/h2-5,8-9H,6-7,10-11H2,1H3,(H,21,22). The molecule has 0 atom stereocenters. The largest absolute Gasteiger partial charge is 0.486 e. The van der Waals surface area contributed by atoms with Crippen molar-refractivity contribution in [1.29, 1.82) is 0 Å². The van der Waals surface area contributed by atoms with Crippen LogP contribution >= 0.6 is 23.4 Å². The molecule has 0 fully saturated rings. The molecule has 1 N–H and O–H groups in total. The fraction of sp³-hybridized carbons (Fsp3) is 0.263. The Hall–Kier alpha value is -2.38. The molecule has 2 aromatic carbocycles. The van der Waals surface area contributed by atoms with Crippen LogP contribution in [0.5, 0.6) is 11.5 Å². The highest BCUT2D eigenvalue weighted by Crippen LogP contribution is 2.39. The van der Waals surface area contributed by atoms with Gasteiger partial charge in [-0.25, -0.2) is 4.79 Å². The van der Waals surface area contributed by atoms with Crippen molar-refractivity contribution in [3.8, 4) is 11.5 Å². The monoisotopic (exact) mass is 407 g/mol. The molecule has 0 aromatic heterocycles. The number of carbonyl (C=O) groups is 2. The van der Waals surface area contributed by atoms with Gasteiger partial charge in [0.1, 0.15) is 13.2 Å². The number of amides is 1. The Balaban J connectivity index is 1.56. The number of esters is 1. The topological polar surface area (TPSA) is 73.9 Å². The Labute approximate surface area is 166 Å². The van der Waals surface area contributed by atoms with Gasteiger partial charge in [0, 0.05) is 5.75 Å². The van der Waals surface area contributed by atoms with E-state index >= 15 is 0 Å². The highest BCUT2D eigenvalue weighted by atomic mass is 35.5. The van der Waals surface area contributed by atoms with E-state index in [1.165, 1.54) is 18.9 Å². The van der Waals surface area contributed by atoms with Crippen molar-refractivity contribution in [3.05, 3.63) is 52.5 Å². The summed E-state index contributed by atoms with van der Waals surface area (Å²) in [6.45, 7) is 0.968. The van der Waals surface area contributed by atoms with Gasteiger partial charge in [-0.05, 0) is 29.8 Å². The van der Waals surface area contributed by atoms with Crippen LogP contribution < -0.4 is 14.8 Å². The smallest absolute Gasteiger partial charge is 0.339 e. The number of ether oxygens (including phenoxy) is 3. The third kappa shape index (κ3) is 4.87. The van der Waals surface area contributed by atoms with E-state index in [4.69, 9.17) is 25.8 Å². The second kappa shape index (κ2) is 9.01. The van der Waals surface area contributed by atoms with Gasteiger partial charge in [0.2, 0.25) is 5.91 Å². The number of benzene rings is 2. The van der Waals surface area contributed by atoms with Crippen LogP contribution in [0, 0.1) is 0 Å². The normalized spacial score (nSPS) is 12.4. The lowest BCUT2D eigenvalue weighted by atomic mass is 10.2. The summed E-state index contributed by atoms with van der Waals surface area (Å²) in [6, 6.07) is 10.4. The molecule has 142 valence electrons. The Bertz CT molecular complexity index is 858. The number of carbonyl (C=O) groups excluding carboxylic acids is 2. The quantitative estimate of drug-likeness (QED) is 0.735. The number of hydrogen-bond donors (Lipinski definition) is 1. The molecular formula is C19H18ClNO5S. The molecule has 1 aliphatic heterocycles. The van der Waals surface area contributed by atoms with E-state index in [0.717, 1.165) is 5.56 Å². The zero-order valence-corrected chi connectivity index (χ0v) is 16.2. The lowest BCUT2D eigenvalue weighted by Gasteiger charge is -2.20. The SMILES string of the molecule is COC(=O)c1ccccc1NC(=O)CSCc1cc(Cl)c2c(c1)OCCO2. The van der Waals surface area contributed by atoms with Gasteiger partial charge < -0.3 is 19.5 Å². The zero-order chi connectivity index (χ0) is 19.2. The molecule has 0 saturated carbocycles. The second-order valence-electron chi connectivity index (χ2n) is 5.68. The van der Waals surface area contributed by atoms with Crippen LogP contribution in [0.3, 0.4) is 0 Å². The molecule has 2 aromatic rings. The molecule has 0 aliphatic carbocycles. The van der Waals surface area contributed by atoms with Crippen molar-refractivity contribution < 1.29 is 23.8 Å². The zero-order valence-electron chi connectivity index (χ0n) is 14.6. The van der Waals surface area contributed by atoms with Crippen molar-refractivity contribution in [1.82, 2.24) is 0 Å². The van der Waals surface area contributed by atoms with E-state index in [9.17, 15) is 9.59 Å². The van der Waals surface area contributed by atoms with Crippen LogP contribution in [-0.2, 0) is 15.3 Å². The molecule has 1 amide bonds. The van der Waals surface area contributed by atoms with Crippen molar-refractivity contribution in [2.75, 3.05) is 31.4 Å². The van der Waals surface area contributed by atoms with Gasteiger partial charge in [-0.3, -0.25) is 4.79 Å². The minimum atomic E-state index is -0.496. The molecule has 1 aliphatic rings. The maximum Gasteiger partial charge on any atom is 0.339 e. The fourth-order valence-electron chi connectivity index (χ4n) is 2.58. The van der Waals surface area contributed by atoms with Crippen molar-refractivity contribution in [2.24, 2.45) is 0 Å². The van der Waals surface area contributed by atoms with Gasteiger partial charge in [0.15, 0.2) is 11.5 Å². The first-order valence-corrected chi connectivity index (χ1v) is 9.74. The summed E-state index contributed by atoms with van der Waals surface area (Å²) in [7, 11) is 1.30.